The molecule has 25 heavy (non-hydrogen) atoms. The lowest BCUT2D eigenvalue weighted by Crippen LogP contribution is -2.36. The number of nitrogens with zero attached hydrogens (tertiary/aromatic N) is 1. The van der Waals surface area contributed by atoms with Crippen molar-refractivity contribution in [1.82, 2.24) is 0 Å². The Morgan fingerprint density at radius 1 is 1.16 bits per heavy atom. The highest BCUT2D eigenvalue weighted by molar-refractivity contribution is 5.97. The summed E-state index contributed by atoms with van der Waals surface area (Å²) in [4.78, 5) is 14.8. The zero-order valence-corrected chi connectivity index (χ0v) is 14.3. The lowest BCUT2D eigenvalue weighted by Gasteiger charge is -2.31. The van der Waals surface area contributed by atoms with Crippen molar-refractivity contribution in [3.05, 3.63) is 47.5 Å². The summed E-state index contributed by atoms with van der Waals surface area (Å²) in [5.41, 5.74) is 3.01. The highest BCUT2D eigenvalue weighted by atomic mass is 16.6. The van der Waals surface area contributed by atoms with Crippen LogP contribution in [-0.2, 0) is 17.6 Å². The third-order valence-corrected chi connectivity index (χ3v) is 4.66. The van der Waals surface area contributed by atoms with Crippen molar-refractivity contribution in [1.29, 1.82) is 0 Å². The Balaban J connectivity index is 1.59. The van der Waals surface area contributed by atoms with E-state index in [4.69, 9.17) is 14.2 Å². The molecule has 2 aromatic rings. The molecule has 130 valence electrons. The summed E-state index contributed by atoms with van der Waals surface area (Å²) >= 11 is 0. The van der Waals surface area contributed by atoms with Gasteiger partial charge in [0.1, 0.15) is 19.0 Å². The Morgan fingerprint density at radius 3 is 2.84 bits per heavy atom. The van der Waals surface area contributed by atoms with Gasteiger partial charge in [-0.25, -0.2) is 0 Å². The Bertz CT molecular complexity index is 788. The van der Waals surface area contributed by atoms with Gasteiger partial charge in [0.15, 0.2) is 11.5 Å². The van der Waals surface area contributed by atoms with E-state index in [1.807, 2.05) is 35.2 Å². The van der Waals surface area contributed by atoms with Crippen molar-refractivity contribution in [3.63, 3.8) is 0 Å². The average molecular weight is 339 g/mol. The molecule has 0 radical (unpaired) electrons. The van der Waals surface area contributed by atoms with Crippen molar-refractivity contribution in [2.24, 2.45) is 0 Å². The van der Waals surface area contributed by atoms with Crippen LogP contribution in [0.25, 0.3) is 0 Å². The van der Waals surface area contributed by atoms with E-state index in [0.717, 1.165) is 42.1 Å². The molecule has 0 fully saturated rings. The number of hydrogen-bond acceptors (Lipinski definition) is 4. The van der Waals surface area contributed by atoms with Crippen molar-refractivity contribution >= 4 is 11.6 Å². The molecule has 0 atom stereocenters. The first-order chi connectivity index (χ1) is 12.3. The second-order valence-corrected chi connectivity index (χ2v) is 6.27. The lowest BCUT2D eigenvalue weighted by atomic mass is 10.00. The predicted octanol–water partition coefficient (Wildman–Crippen LogP) is 2.99. The van der Waals surface area contributed by atoms with E-state index in [1.165, 1.54) is 5.56 Å². The minimum absolute atomic E-state index is 0.0714. The molecule has 0 N–H and O–H groups in total. The first-order valence-electron chi connectivity index (χ1n) is 8.61. The van der Waals surface area contributed by atoms with Crippen LogP contribution in [-0.4, -0.2) is 32.8 Å². The van der Waals surface area contributed by atoms with Gasteiger partial charge in [-0.05, 0) is 42.2 Å². The number of methoxy groups -OCH3 is 1. The zero-order valence-electron chi connectivity index (χ0n) is 14.3. The van der Waals surface area contributed by atoms with Crippen molar-refractivity contribution < 1.29 is 19.0 Å². The number of carbonyl (C=O) groups excluding carboxylic acids is 1. The number of aryl methyl sites for hydroxylation is 1. The van der Waals surface area contributed by atoms with Gasteiger partial charge in [0.05, 0.1) is 19.2 Å². The Morgan fingerprint density at radius 2 is 2.00 bits per heavy atom. The van der Waals surface area contributed by atoms with Crippen LogP contribution in [0.15, 0.2) is 36.4 Å². The highest BCUT2D eigenvalue weighted by Crippen LogP contribution is 2.37. The summed E-state index contributed by atoms with van der Waals surface area (Å²) < 4.78 is 16.6. The van der Waals surface area contributed by atoms with Crippen molar-refractivity contribution in [3.8, 4) is 17.2 Å². The fourth-order valence-electron chi connectivity index (χ4n) is 3.50. The van der Waals surface area contributed by atoms with E-state index in [1.54, 1.807) is 7.11 Å². The van der Waals surface area contributed by atoms with E-state index in [-0.39, 0.29) is 5.91 Å². The molecule has 0 aromatic heterocycles. The van der Waals surface area contributed by atoms with Crippen LogP contribution in [0.2, 0.25) is 0 Å². The zero-order chi connectivity index (χ0) is 17.2. The molecule has 2 aromatic carbocycles. The molecule has 2 aliphatic heterocycles. The third kappa shape index (κ3) is 3.02. The molecular formula is C20H21NO4. The number of carbonyl (C=O) groups is 1. The van der Waals surface area contributed by atoms with Gasteiger partial charge in [-0.3, -0.25) is 4.79 Å². The Hall–Kier alpha value is -2.69. The predicted molar refractivity (Wildman–Crippen MR) is 94.8 cm³/mol. The number of anilines is 1. The van der Waals surface area contributed by atoms with Crippen LogP contribution in [0.4, 0.5) is 5.69 Å². The van der Waals surface area contributed by atoms with Gasteiger partial charge >= 0.3 is 0 Å². The fourth-order valence-corrected chi connectivity index (χ4v) is 3.50. The summed E-state index contributed by atoms with van der Waals surface area (Å²) in [6.07, 6.45) is 2.27. The van der Waals surface area contributed by atoms with Crippen LogP contribution in [0.5, 0.6) is 17.2 Å². The summed E-state index contributed by atoms with van der Waals surface area (Å²) in [5.74, 6) is 2.29. The molecule has 5 heteroatoms. The van der Waals surface area contributed by atoms with E-state index in [2.05, 4.69) is 6.07 Å². The number of rotatable bonds is 3. The number of fused-ring (bicyclic) bond motifs is 2. The average Bonchev–Trinajstić information content (AvgIpc) is 2.66. The maximum absolute atomic E-state index is 13.0. The van der Waals surface area contributed by atoms with Crippen LogP contribution < -0.4 is 19.1 Å². The van der Waals surface area contributed by atoms with Gasteiger partial charge in [-0.15, -0.1) is 0 Å². The first kappa shape index (κ1) is 15.8. The highest BCUT2D eigenvalue weighted by Gasteiger charge is 2.26. The Kier molecular flexibility index (Phi) is 4.22. The smallest absolute Gasteiger partial charge is 0.231 e. The summed E-state index contributed by atoms with van der Waals surface area (Å²) in [5, 5.41) is 0. The summed E-state index contributed by atoms with van der Waals surface area (Å²) in [6, 6.07) is 11.7. The van der Waals surface area contributed by atoms with Crippen LogP contribution >= 0.6 is 0 Å². The normalized spacial score (nSPS) is 15.5. The van der Waals surface area contributed by atoms with Gasteiger partial charge < -0.3 is 19.1 Å². The second-order valence-electron chi connectivity index (χ2n) is 6.27. The SMILES string of the molecule is COc1cccc2c1N(C(=O)Cc1ccc3c(c1)OCCO3)CCC2. The monoisotopic (exact) mass is 339 g/mol. The molecule has 0 saturated heterocycles. The van der Waals surface area contributed by atoms with E-state index >= 15 is 0 Å². The maximum Gasteiger partial charge on any atom is 0.231 e. The van der Waals surface area contributed by atoms with Gasteiger partial charge in [0, 0.05) is 6.54 Å². The molecule has 1 amide bonds. The van der Waals surface area contributed by atoms with Gasteiger partial charge in [0.2, 0.25) is 5.91 Å². The van der Waals surface area contributed by atoms with Crippen LogP contribution in [0, 0.1) is 0 Å². The molecule has 5 nitrogen and oxygen atoms in total. The number of hydrogen-bond donors (Lipinski definition) is 0. The molecule has 0 bridgehead atoms. The van der Waals surface area contributed by atoms with Gasteiger partial charge in [-0.2, -0.15) is 0 Å². The quantitative estimate of drug-likeness (QED) is 0.862. The molecule has 0 saturated carbocycles. The third-order valence-electron chi connectivity index (χ3n) is 4.66. The molecule has 0 unspecified atom stereocenters. The molecular weight excluding hydrogens is 318 g/mol. The molecule has 2 heterocycles. The number of amides is 1. The minimum Gasteiger partial charge on any atom is -0.495 e. The van der Waals surface area contributed by atoms with Gasteiger partial charge in [-0.1, -0.05) is 18.2 Å². The Labute approximate surface area is 147 Å². The van der Waals surface area contributed by atoms with Crippen molar-refractivity contribution in [2.45, 2.75) is 19.3 Å². The molecule has 4 rings (SSSR count). The number of ether oxygens (including phenoxy) is 3. The lowest BCUT2D eigenvalue weighted by molar-refractivity contribution is -0.118. The van der Waals surface area contributed by atoms with E-state index < -0.39 is 0 Å². The maximum atomic E-state index is 13.0. The van der Waals surface area contributed by atoms with Gasteiger partial charge in [0.25, 0.3) is 0 Å². The molecule has 2 aliphatic rings. The van der Waals surface area contributed by atoms with E-state index in [0.29, 0.717) is 25.4 Å². The summed E-state index contributed by atoms with van der Waals surface area (Å²) in [7, 11) is 1.65. The second kappa shape index (κ2) is 6.67. The summed E-state index contributed by atoms with van der Waals surface area (Å²) in [6.45, 7) is 1.83. The van der Waals surface area contributed by atoms with E-state index in [9.17, 15) is 4.79 Å². The standard InChI is InChI=1S/C20H21NO4/c1-23-17-6-2-4-15-5-3-9-21(20(15)17)19(22)13-14-7-8-16-18(12-14)25-11-10-24-16/h2,4,6-8,12H,3,5,9-11,13H2,1H3. The van der Waals surface area contributed by atoms with Crippen molar-refractivity contribution in [2.75, 3.05) is 31.8 Å². The molecule has 0 aliphatic carbocycles. The van der Waals surface area contributed by atoms with Crippen LogP contribution in [0.3, 0.4) is 0 Å². The number of para-hydroxylation sites is 1. The topological polar surface area (TPSA) is 48.0 Å². The largest absolute Gasteiger partial charge is 0.495 e. The molecule has 0 spiro atoms. The van der Waals surface area contributed by atoms with Crippen LogP contribution in [0.1, 0.15) is 17.5 Å². The first-order valence-corrected chi connectivity index (χ1v) is 8.61. The minimum atomic E-state index is 0.0714. The fraction of sp³-hybridized carbons (Fsp3) is 0.350. The number of benzene rings is 2.